The number of hydrogen-bond donors (Lipinski definition) is 1. The van der Waals surface area contributed by atoms with Crippen molar-refractivity contribution in [3.63, 3.8) is 0 Å². The molecular formula is C10H10ClF4N. The summed E-state index contributed by atoms with van der Waals surface area (Å²) < 4.78 is 50.9. The smallest absolute Gasteiger partial charge is 0.327 e. The fourth-order valence-corrected chi connectivity index (χ4v) is 1.43. The van der Waals surface area contributed by atoms with Gasteiger partial charge in [0.15, 0.2) is 0 Å². The minimum atomic E-state index is -5.00. The van der Waals surface area contributed by atoms with E-state index in [2.05, 4.69) is 0 Å². The summed E-state index contributed by atoms with van der Waals surface area (Å²) in [5.41, 5.74) is 1.51. The number of alkyl halides is 4. The van der Waals surface area contributed by atoms with Crippen molar-refractivity contribution in [1.82, 2.24) is 0 Å². The van der Waals surface area contributed by atoms with Gasteiger partial charge in [0.2, 0.25) is 5.67 Å². The Hall–Kier alpha value is -0.810. The van der Waals surface area contributed by atoms with Gasteiger partial charge in [-0.15, -0.1) is 0 Å². The fourth-order valence-electron chi connectivity index (χ4n) is 1.23. The molecule has 0 saturated carbocycles. The van der Waals surface area contributed by atoms with Gasteiger partial charge in [0, 0.05) is 18.0 Å². The van der Waals surface area contributed by atoms with Gasteiger partial charge in [0.25, 0.3) is 0 Å². The Balaban J connectivity index is 2.99. The topological polar surface area (TPSA) is 26.0 Å². The van der Waals surface area contributed by atoms with Crippen molar-refractivity contribution >= 4 is 11.6 Å². The van der Waals surface area contributed by atoms with E-state index in [9.17, 15) is 17.6 Å². The quantitative estimate of drug-likeness (QED) is 0.825. The van der Waals surface area contributed by atoms with Gasteiger partial charge < -0.3 is 5.73 Å². The molecule has 1 aromatic carbocycles. The van der Waals surface area contributed by atoms with Crippen molar-refractivity contribution in [3.8, 4) is 0 Å². The largest absolute Gasteiger partial charge is 0.424 e. The Kier molecular flexibility index (Phi) is 3.80. The van der Waals surface area contributed by atoms with Crippen LogP contribution in [0.25, 0.3) is 0 Å². The average molecular weight is 256 g/mol. The summed E-state index contributed by atoms with van der Waals surface area (Å²) in [5.74, 6) is 0. The number of hydrogen-bond acceptors (Lipinski definition) is 1. The number of benzene rings is 1. The van der Waals surface area contributed by atoms with Crippen LogP contribution >= 0.6 is 11.6 Å². The molecular weight excluding hydrogens is 246 g/mol. The molecule has 0 saturated heterocycles. The van der Waals surface area contributed by atoms with Crippen molar-refractivity contribution in [2.75, 3.05) is 6.54 Å². The highest BCUT2D eigenvalue weighted by Crippen LogP contribution is 2.37. The minimum absolute atomic E-state index is 0.0921. The zero-order valence-electron chi connectivity index (χ0n) is 8.19. The first-order chi connectivity index (χ1) is 7.30. The summed E-state index contributed by atoms with van der Waals surface area (Å²) in [4.78, 5) is 0. The summed E-state index contributed by atoms with van der Waals surface area (Å²) in [6.45, 7) is -1.12. The Morgan fingerprint density at radius 3 is 2.12 bits per heavy atom. The molecule has 0 amide bonds. The number of nitrogens with two attached hydrogens (primary N) is 1. The molecule has 6 heteroatoms. The highest BCUT2D eigenvalue weighted by molar-refractivity contribution is 6.31. The highest BCUT2D eigenvalue weighted by atomic mass is 35.5. The lowest BCUT2D eigenvalue weighted by Gasteiger charge is -2.26. The molecule has 0 spiro atoms. The van der Waals surface area contributed by atoms with Gasteiger partial charge >= 0.3 is 6.18 Å². The molecule has 1 rings (SSSR count). The summed E-state index contributed by atoms with van der Waals surface area (Å²) in [5, 5.41) is 0.0993. The fraction of sp³-hybridized carbons (Fsp3) is 0.400. The lowest BCUT2D eigenvalue weighted by Crippen LogP contribution is -2.49. The molecule has 0 aliphatic carbocycles. The van der Waals surface area contributed by atoms with E-state index in [0.717, 1.165) is 0 Å². The van der Waals surface area contributed by atoms with Gasteiger partial charge in [-0.05, 0) is 11.6 Å². The molecule has 1 aromatic rings. The standard InChI is InChI=1S/C10H10ClF4N/c11-8-4-2-1-3-7(8)5-9(12,6-16)10(13,14)15/h1-4H,5-6,16H2. The molecule has 1 unspecified atom stereocenters. The Morgan fingerprint density at radius 2 is 1.69 bits per heavy atom. The van der Waals surface area contributed by atoms with Crippen LogP contribution in [0.5, 0.6) is 0 Å². The van der Waals surface area contributed by atoms with E-state index in [1.165, 1.54) is 18.2 Å². The van der Waals surface area contributed by atoms with Crippen molar-refractivity contribution in [3.05, 3.63) is 34.9 Å². The molecule has 1 atom stereocenters. The second-order valence-corrected chi connectivity index (χ2v) is 3.84. The van der Waals surface area contributed by atoms with E-state index in [-0.39, 0.29) is 10.6 Å². The summed E-state index contributed by atoms with van der Waals surface area (Å²) >= 11 is 5.66. The van der Waals surface area contributed by atoms with Crippen LogP contribution in [0.3, 0.4) is 0 Å². The lowest BCUT2D eigenvalue weighted by atomic mass is 9.96. The lowest BCUT2D eigenvalue weighted by molar-refractivity contribution is -0.226. The second kappa shape index (κ2) is 4.59. The average Bonchev–Trinajstić information content (AvgIpc) is 2.19. The van der Waals surface area contributed by atoms with Crippen molar-refractivity contribution in [2.24, 2.45) is 5.73 Å². The first-order valence-corrected chi connectivity index (χ1v) is 4.87. The molecule has 16 heavy (non-hydrogen) atoms. The second-order valence-electron chi connectivity index (χ2n) is 3.44. The maximum absolute atomic E-state index is 13.6. The predicted molar refractivity (Wildman–Crippen MR) is 54.1 cm³/mol. The van der Waals surface area contributed by atoms with Gasteiger partial charge in [-0.1, -0.05) is 29.8 Å². The highest BCUT2D eigenvalue weighted by Gasteiger charge is 2.55. The van der Waals surface area contributed by atoms with Gasteiger partial charge in [-0.25, -0.2) is 4.39 Å². The Morgan fingerprint density at radius 1 is 1.12 bits per heavy atom. The van der Waals surface area contributed by atoms with E-state index in [1.807, 2.05) is 0 Å². The zero-order valence-corrected chi connectivity index (χ0v) is 8.95. The maximum atomic E-state index is 13.6. The zero-order chi connectivity index (χ0) is 12.4. The monoisotopic (exact) mass is 255 g/mol. The van der Waals surface area contributed by atoms with Crippen molar-refractivity contribution in [2.45, 2.75) is 18.3 Å². The molecule has 90 valence electrons. The Labute approximate surface area is 95.2 Å². The summed E-state index contributed by atoms with van der Waals surface area (Å²) in [7, 11) is 0. The number of rotatable bonds is 3. The van der Waals surface area contributed by atoms with Crippen molar-refractivity contribution < 1.29 is 17.6 Å². The minimum Gasteiger partial charge on any atom is -0.327 e. The molecule has 0 fully saturated rings. The molecule has 0 radical (unpaired) electrons. The van der Waals surface area contributed by atoms with Gasteiger partial charge in [-0.2, -0.15) is 13.2 Å². The van der Waals surface area contributed by atoms with Crippen LogP contribution in [0.15, 0.2) is 24.3 Å². The molecule has 1 nitrogen and oxygen atoms in total. The van der Waals surface area contributed by atoms with E-state index in [0.29, 0.717) is 0 Å². The molecule has 0 bridgehead atoms. The van der Waals surface area contributed by atoms with Gasteiger partial charge in [0.05, 0.1) is 0 Å². The van der Waals surface area contributed by atoms with E-state index in [1.54, 1.807) is 6.07 Å². The SMILES string of the molecule is NCC(F)(Cc1ccccc1Cl)C(F)(F)F. The van der Waals surface area contributed by atoms with Crippen LogP contribution in [0.4, 0.5) is 17.6 Å². The molecule has 0 aliphatic heterocycles. The maximum Gasteiger partial charge on any atom is 0.424 e. The van der Waals surface area contributed by atoms with Crippen LogP contribution in [0.2, 0.25) is 5.02 Å². The normalized spacial score (nSPS) is 15.9. The molecule has 2 N–H and O–H groups in total. The third kappa shape index (κ3) is 2.65. The van der Waals surface area contributed by atoms with E-state index < -0.39 is 24.8 Å². The van der Waals surface area contributed by atoms with E-state index in [4.69, 9.17) is 17.3 Å². The molecule has 0 heterocycles. The number of halogens is 5. The van der Waals surface area contributed by atoms with Crippen molar-refractivity contribution in [1.29, 1.82) is 0 Å². The van der Waals surface area contributed by atoms with Crippen LogP contribution in [0, 0.1) is 0 Å². The van der Waals surface area contributed by atoms with Crippen LogP contribution in [-0.2, 0) is 6.42 Å². The van der Waals surface area contributed by atoms with Crippen LogP contribution < -0.4 is 5.73 Å². The molecule has 0 aromatic heterocycles. The Bertz CT molecular complexity index is 366. The third-order valence-corrected chi connectivity index (χ3v) is 2.63. The summed E-state index contributed by atoms with van der Waals surface area (Å²) in [6.07, 6.45) is -5.87. The van der Waals surface area contributed by atoms with Gasteiger partial charge in [0.1, 0.15) is 0 Å². The van der Waals surface area contributed by atoms with E-state index >= 15 is 0 Å². The van der Waals surface area contributed by atoms with Gasteiger partial charge in [-0.3, -0.25) is 0 Å². The first-order valence-electron chi connectivity index (χ1n) is 4.49. The third-order valence-electron chi connectivity index (χ3n) is 2.26. The van der Waals surface area contributed by atoms with Crippen LogP contribution in [0.1, 0.15) is 5.56 Å². The summed E-state index contributed by atoms with van der Waals surface area (Å²) in [6, 6.07) is 5.80. The first kappa shape index (κ1) is 13.3. The molecule has 0 aliphatic rings. The van der Waals surface area contributed by atoms with Crippen LogP contribution in [-0.4, -0.2) is 18.4 Å². The predicted octanol–water partition coefficient (Wildman–Crippen LogP) is 3.11.